The van der Waals surface area contributed by atoms with Crippen LogP contribution in [0.4, 0.5) is 0 Å². The van der Waals surface area contributed by atoms with Gasteiger partial charge in [0.15, 0.2) is 0 Å². The number of benzene rings is 1. The summed E-state index contributed by atoms with van der Waals surface area (Å²) in [6.07, 6.45) is 1.08. The minimum absolute atomic E-state index is 1.08. The number of pyridine rings is 1. The lowest BCUT2D eigenvalue weighted by Crippen LogP contribution is -2.07. The molecular weight excluding hydrogens is 134 g/mol. The molecule has 0 radical (unpaired) electrons. The molecular formula is C10H7N. The number of aromatic nitrogens is 1. The van der Waals surface area contributed by atoms with Gasteiger partial charge in [-0.15, -0.1) is 0 Å². The van der Waals surface area contributed by atoms with Crippen molar-refractivity contribution in [1.82, 2.24) is 4.98 Å². The Morgan fingerprint density at radius 3 is 2.82 bits per heavy atom. The van der Waals surface area contributed by atoms with Crippen molar-refractivity contribution >= 4 is 10.8 Å². The van der Waals surface area contributed by atoms with Crippen LogP contribution in [0, 0.1) is 0 Å². The van der Waals surface area contributed by atoms with Crippen molar-refractivity contribution < 1.29 is 0 Å². The Labute approximate surface area is 64.7 Å². The second kappa shape index (κ2) is 1.62. The molecule has 2 aliphatic rings. The molecule has 52 valence electrons. The van der Waals surface area contributed by atoms with Crippen LogP contribution in [0.5, 0.6) is 0 Å². The number of hydrogen-bond donors (Lipinski definition) is 0. The van der Waals surface area contributed by atoms with E-state index in [9.17, 15) is 0 Å². The molecule has 1 aromatic heterocycles. The SMILES string of the molecule is c1ccc2c3nc(cc2c1)C3. The molecule has 0 spiro atoms. The minimum Gasteiger partial charge on any atom is -0.256 e. The van der Waals surface area contributed by atoms with Gasteiger partial charge in [-0.2, -0.15) is 0 Å². The lowest BCUT2D eigenvalue weighted by molar-refractivity contribution is 0.915. The number of rotatable bonds is 0. The smallest absolute Gasteiger partial charge is 0.0544 e. The average Bonchev–Trinajstić information content (AvgIpc) is 2.02. The van der Waals surface area contributed by atoms with Gasteiger partial charge in [0.2, 0.25) is 0 Å². The highest BCUT2D eigenvalue weighted by atomic mass is 14.8. The van der Waals surface area contributed by atoms with Crippen molar-refractivity contribution in [2.24, 2.45) is 0 Å². The Balaban J connectivity index is 2.57. The van der Waals surface area contributed by atoms with Crippen molar-refractivity contribution in [3.63, 3.8) is 0 Å². The van der Waals surface area contributed by atoms with Crippen molar-refractivity contribution in [1.29, 1.82) is 0 Å². The third kappa shape index (κ3) is 0.577. The molecule has 0 unspecified atom stereocenters. The fraction of sp³-hybridized carbons (Fsp3) is 0.100. The average molecular weight is 141 g/mol. The van der Waals surface area contributed by atoms with E-state index in [-0.39, 0.29) is 0 Å². The predicted molar refractivity (Wildman–Crippen MR) is 44.5 cm³/mol. The van der Waals surface area contributed by atoms with E-state index in [1.54, 1.807) is 0 Å². The second-order valence-corrected chi connectivity index (χ2v) is 2.96. The topological polar surface area (TPSA) is 12.9 Å². The first-order valence-electron chi connectivity index (χ1n) is 3.81. The zero-order chi connectivity index (χ0) is 7.26. The Bertz CT molecular complexity index is 432. The summed E-state index contributed by atoms with van der Waals surface area (Å²) < 4.78 is 0. The first-order chi connectivity index (χ1) is 5.43. The highest BCUT2D eigenvalue weighted by Crippen LogP contribution is 2.26. The largest absolute Gasteiger partial charge is 0.256 e. The van der Waals surface area contributed by atoms with Crippen LogP contribution in [0.3, 0.4) is 0 Å². The molecule has 0 atom stereocenters. The van der Waals surface area contributed by atoms with Gasteiger partial charge >= 0.3 is 0 Å². The van der Waals surface area contributed by atoms with Gasteiger partial charge in [0, 0.05) is 17.5 Å². The first kappa shape index (κ1) is 5.30. The summed E-state index contributed by atoms with van der Waals surface area (Å²) in [4.78, 5) is 4.35. The van der Waals surface area contributed by atoms with Gasteiger partial charge in [-0.1, -0.05) is 24.3 Å². The summed E-state index contributed by atoms with van der Waals surface area (Å²) in [6.45, 7) is 0. The van der Waals surface area contributed by atoms with Crippen LogP contribution in [-0.4, -0.2) is 4.98 Å². The summed E-state index contributed by atoms with van der Waals surface area (Å²) in [5.74, 6) is 0. The number of hydrogen-bond acceptors (Lipinski definition) is 1. The Morgan fingerprint density at radius 1 is 1.18 bits per heavy atom. The maximum Gasteiger partial charge on any atom is 0.0544 e. The lowest BCUT2D eigenvalue weighted by atomic mass is 9.98. The molecule has 11 heavy (non-hydrogen) atoms. The molecule has 0 N–H and O–H groups in total. The van der Waals surface area contributed by atoms with E-state index >= 15 is 0 Å². The van der Waals surface area contributed by atoms with E-state index in [1.165, 1.54) is 22.2 Å². The summed E-state index contributed by atoms with van der Waals surface area (Å²) >= 11 is 0. The van der Waals surface area contributed by atoms with Gasteiger partial charge in [0.25, 0.3) is 0 Å². The van der Waals surface area contributed by atoms with Crippen molar-refractivity contribution in [2.75, 3.05) is 0 Å². The van der Waals surface area contributed by atoms with Gasteiger partial charge < -0.3 is 0 Å². The molecule has 0 fully saturated rings. The third-order valence-electron chi connectivity index (χ3n) is 2.22. The zero-order valence-electron chi connectivity index (χ0n) is 6.04. The monoisotopic (exact) mass is 141 g/mol. The van der Waals surface area contributed by atoms with E-state index in [1.807, 2.05) is 0 Å². The molecule has 4 rings (SSSR count). The quantitative estimate of drug-likeness (QED) is 0.467. The summed E-state index contributed by atoms with van der Waals surface area (Å²) in [5, 5.41) is 2.65. The third-order valence-corrected chi connectivity index (χ3v) is 2.22. The highest BCUT2D eigenvalue weighted by Gasteiger charge is 2.14. The van der Waals surface area contributed by atoms with Crippen LogP contribution >= 0.6 is 0 Å². The van der Waals surface area contributed by atoms with Crippen LogP contribution in [-0.2, 0) is 6.42 Å². The maximum absolute atomic E-state index is 4.35. The molecule has 1 aliphatic carbocycles. The fourth-order valence-corrected chi connectivity index (χ4v) is 1.64. The predicted octanol–water partition coefficient (Wildman–Crippen LogP) is 2.14. The van der Waals surface area contributed by atoms with Crippen molar-refractivity contribution in [3.8, 4) is 0 Å². The van der Waals surface area contributed by atoms with Gasteiger partial charge in [0.1, 0.15) is 0 Å². The molecule has 0 saturated carbocycles. The van der Waals surface area contributed by atoms with Crippen LogP contribution in [0.2, 0.25) is 0 Å². The molecule has 1 nitrogen and oxygen atoms in total. The van der Waals surface area contributed by atoms with Crippen LogP contribution in [0.1, 0.15) is 11.4 Å². The van der Waals surface area contributed by atoms with Crippen molar-refractivity contribution in [3.05, 3.63) is 41.7 Å². The molecule has 1 aliphatic heterocycles. The molecule has 2 heterocycles. The molecule has 1 heteroatoms. The van der Waals surface area contributed by atoms with E-state index in [4.69, 9.17) is 0 Å². The van der Waals surface area contributed by atoms with E-state index in [0.717, 1.165) is 6.42 Å². The molecule has 2 bridgehead atoms. The van der Waals surface area contributed by atoms with Crippen LogP contribution in [0.25, 0.3) is 10.8 Å². The lowest BCUT2D eigenvalue weighted by Gasteiger charge is -2.15. The molecule has 0 amide bonds. The van der Waals surface area contributed by atoms with E-state index < -0.39 is 0 Å². The molecule has 2 aromatic rings. The minimum atomic E-state index is 1.08. The highest BCUT2D eigenvalue weighted by molar-refractivity contribution is 5.87. The maximum atomic E-state index is 4.35. The van der Waals surface area contributed by atoms with E-state index in [0.29, 0.717) is 0 Å². The fourth-order valence-electron chi connectivity index (χ4n) is 1.64. The zero-order valence-corrected chi connectivity index (χ0v) is 6.04. The second-order valence-electron chi connectivity index (χ2n) is 2.96. The Kier molecular flexibility index (Phi) is 0.779. The molecule has 1 aromatic carbocycles. The Morgan fingerprint density at radius 2 is 2.00 bits per heavy atom. The van der Waals surface area contributed by atoms with Gasteiger partial charge in [-0.25, -0.2) is 0 Å². The van der Waals surface area contributed by atoms with Crippen molar-refractivity contribution in [2.45, 2.75) is 6.42 Å². The molecule has 0 saturated heterocycles. The van der Waals surface area contributed by atoms with Gasteiger partial charge in [0.05, 0.1) is 5.69 Å². The first-order valence-corrected chi connectivity index (χ1v) is 3.81. The van der Waals surface area contributed by atoms with Crippen LogP contribution in [0.15, 0.2) is 30.3 Å². The van der Waals surface area contributed by atoms with E-state index in [2.05, 4.69) is 35.3 Å². The van der Waals surface area contributed by atoms with Gasteiger partial charge in [-0.05, 0) is 11.5 Å². The number of nitrogens with zero attached hydrogens (tertiary/aromatic N) is 1. The summed E-state index contributed by atoms with van der Waals surface area (Å²) in [5.41, 5.74) is 2.50. The standard InChI is InChI=1S/C10H7N/c1-2-4-9-7(3-1)5-8-6-10(9)11-8/h1-5H,6H2. The summed E-state index contributed by atoms with van der Waals surface area (Å²) in [6, 6.07) is 10.6. The normalized spacial score (nSPS) is 13.1. The van der Waals surface area contributed by atoms with Gasteiger partial charge in [-0.3, -0.25) is 4.98 Å². The summed E-state index contributed by atoms with van der Waals surface area (Å²) in [7, 11) is 0. The Hall–Kier alpha value is -1.37. The van der Waals surface area contributed by atoms with Crippen LogP contribution < -0.4 is 0 Å².